The SMILES string of the molecule is O=C1[C@@H](NS(=O)(=O)c2cc3cc(Cl)ccc3s2)CCCN1CC(=O)N1CC2CC1CO2. The maximum atomic E-state index is 13.0. The number of rotatable bonds is 5. The number of carbonyl (C=O) groups excluding carboxylic acids is 2. The van der Waals surface area contributed by atoms with E-state index >= 15 is 0 Å². The van der Waals surface area contributed by atoms with Gasteiger partial charge in [-0.3, -0.25) is 9.59 Å². The van der Waals surface area contributed by atoms with Gasteiger partial charge in [-0.05, 0) is 48.9 Å². The third-order valence-corrected chi connectivity index (χ3v) is 9.39. The third kappa shape index (κ3) is 4.07. The Labute approximate surface area is 189 Å². The highest BCUT2D eigenvalue weighted by Crippen LogP contribution is 2.31. The molecule has 11 heteroatoms. The molecule has 0 spiro atoms. The minimum Gasteiger partial charge on any atom is -0.374 e. The van der Waals surface area contributed by atoms with Crippen molar-refractivity contribution >= 4 is 54.9 Å². The molecule has 31 heavy (non-hydrogen) atoms. The van der Waals surface area contributed by atoms with E-state index in [2.05, 4.69) is 4.72 Å². The number of nitrogens with zero attached hydrogens (tertiary/aromatic N) is 2. The second kappa shape index (κ2) is 8.00. The molecule has 2 bridgehead atoms. The van der Waals surface area contributed by atoms with Crippen LogP contribution in [0, 0.1) is 0 Å². The fourth-order valence-electron chi connectivity index (χ4n) is 4.53. The molecule has 3 saturated heterocycles. The Morgan fingerprint density at radius 3 is 2.90 bits per heavy atom. The molecule has 3 atom stereocenters. The van der Waals surface area contributed by atoms with Crippen molar-refractivity contribution in [1.82, 2.24) is 14.5 Å². The van der Waals surface area contributed by atoms with E-state index in [1.54, 1.807) is 29.2 Å². The molecule has 3 aliphatic heterocycles. The van der Waals surface area contributed by atoms with E-state index in [1.165, 1.54) is 4.90 Å². The Hall–Kier alpha value is -1.72. The molecule has 8 nitrogen and oxygen atoms in total. The van der Waals surface area contributed by atoms with Crippen LogP contribution in [0.3, 0.4) is 0 Å². The number of sulfonamides is 1. The van der Waals surface area contributed by atoms with Gasteiger partial charge in [0.05, 0.1) is 25.3 Å². The Morgan fingerprint density at radius 2 is 2.16 bits per heavy atom. The highest BCUT2D eigenvalue weighted by Gasteiger charge is 2.42. The number of fused-ring (bicyclic) bond motifs is 3. The summed E-state index contributed by atoms with van der Waals surface area (Å²) in [6.45, 7) is 1.54. The van der Waals surface area contributed by atoms with Crippen LogP contribution in [0.5, 0.6) is 0 Å². The van der Waals surface area contributed by atoms with Crippen molar-refractivity contribution < 1.29 is 22.7 Å². The fourth-order valence-corrected chi connectivity index (χ4v) is 7.33. The lowest BCUT2D eigenvalue weighted by Gasteiger charge is -2.34. The maximum Gasteiger partial charge on any atom is 0.250 e. The van der Waals surface area contributed by atoms with E-state index in [9.17, 15) is 18.0 Å². The number of halogens is 1. The van der Waals surface area contributed by atoms with Crippen molar-refractivity contribution in [2.45, 2.75) is 41.7 Å². The number of morpholine rings is 1. The lowest BCUT2D eigenvalue weighted by molar-refractivity contribution is -0.145. The smallest absolute Gasteiger partial charge is 0.250 e. The van der Waals surface area contributed by atoms with Crippen LogP contribution < -0.4 is 4.72 Å². The topological polar surface area (TPSA) is 96.0 Å². The Kier molecular flexibility index (Phi) is 5.46. The molecule has 166 valence electrons. The fraction of sp³-hybridized carbons (Fsp3) is 0.500. The molecule has 3 aliphatic rings. The molecule has 1 aromatic carbocycles. The number of likely N-dealkylation sites (tertiary alicyclic amines) is 2. The van der Waals surface area contributed by atoms with E-state index in [0.29, 0.717) is 37.6 Å². The van der Waals surface area contributed by atoms with Crippen molar-refractivity contribution in [2.75, 3.05) is 26.2 Å². The summed E-state index contributed by atoms with van der Waals surface area (Å²) < 4.78 is 34.9. The molecule has 0 radical (unpaired) electrons. The second-order valence-corrected chi connectivity index (χ2v) is 11.7. The number of amides is 2. The van der Waals surface area contributed by atoms with Crippen molar-refractivity contribution in [3.8, 4) is 0 Å². The third-order valence-electron chi connectivity index (χ3n) is 6.10. The van der Waals surface area contributed by atoms with Gasteiger partial charge in [-0.1, -0.05) is 11.6 Å². The van der Waals surface area contributed by atoms with Crippen molar-refractivity contribution in [2.24, 2.45) is 0 Å². The Bertz CT molecular complexity index is 1150. The summed E-state index contributed by atoms with van der Waals surface area (Å²) in [6, 6.07) is 5.97. The van der Waals surface area contributed by atoms with Gasteiger partial charge in [0.2, 0.25) is 11.8 Å². The molecule has 4 heterocycles. The van der Waals surface area contributed by atoms with Crippen LogP contribution in [0.4, 0.5) is 0 Å². The molecule has 1 N–H and O–H groups in total. The predicted octanol–water partition coefficient (Wildman–Crippen LogP) is 1.82. The summed E-state index contributed by atoms with van der Waals surface area (Å²) in [5.41, 5.74) is 0. The van der Waals surface area contributed by atoms with Crippen LogP contribution in [-0.4, -0.2) is 74.5 Å². The predicted molar refractivity (Wildman–Crippen MR) is 117 cm³/mol. The van der Waals surface area contributed by atoms with Crippen LogP contribution in [0.15, 0.2) is 28.5 Å². The molecule has 0 saturated carbocycles. The van der Waals surface area contributed by atoms with Gasteiger partial charge in [0, 0.05) is 22.8 Å². The molecule has 2 aromatic rings. The summed E-state index contributed by atoms with van der Waals surface area (Å²) in [5, 5.41) is 1.27. The summed E-state index contributed by atoms with van der Waals surface area (Å²) in [5.74, 6) is -0.457. The average molecular weight is 484 g/mol. The maximum absolute atomic E-state index is 13.0. The zero-order valence-corrected chi connectivity index (χ0v) is 19.0. The number of nitrogens with one attached hydrogen (secondary N) is 1. The number of thiophene rings is 1. The van der Waals surface area contributed by atoms with Gasteiger partial charge in [0.15, 0.2) is 0 Å². The summed E-state index contributed by atoms with van der Waals surface area (Å²) in [7, 11) is -3.88. The summed E-state index contributed by atoms with van der Waals surface area (Å²) in [4.78, 5) is 28.9. The number of carbonyl (C=O) groups is 2. The number of hydrogen-bond donors (Lipinski definition) is 1. The Balaban J connectivity index is 1.27. The first-order chi connectivity index (χ1) is 14.8. The van der Waals surface area contributed by atoms with Crippen molar-refractivity contribution in [3.05, 3.63) is 29.3 Å². The van der Waals surface area contributed by atoms with E-state index in [4.69, 9.17) is 16.3 Å². The van der Waals surface area contributed by atoms with Crippen LogP contribution in [0.1, 0.15) is 19.3 Å². The molecular formula is C20H22ClN3O5S2. The highest BCUT2D eigenvalue weighted by atomic mass is 35.5. The van der Waals surface area contributed by atoms with Crippen molar-refractivity contribution in [3.63, 3.8) is 0 Å². The largest absolute Gasteiger partial charge is 0.374 e. The van der Waals surface area contributed by atoms with Crippen molar-refractivity contribution in [1.29, 1.82) is 0 Å². The normalized spacial score (nSPS) is 26.2. The van der Waals surface area contributed by atoms with Gasteiger partial charge < -0.3 is 14.5 Å². The monoisotopic (exact) mass is 483 g/mol. The average Bonchev–Trinajstić information content (AvgIpc) is 3.46. The molecule has 2 unspecified atom stereocenters. The number of piperidine rings is 1. The quantitative estimate of drug-likeness (QED) is 0.699. The lowest BCUT2D eigenvalue weighted by atomic mass is 10.1. The molecule has 3 fully saturated rings. The highest BCUT2D eigenvalue weighted by molar-refractivity contribution is 7.91. The Morgan fingerprint density at radius 1 is 1.32 bits per heavy atom. The standard InChI is InChI=1S/C20H22ClN3O5S2/c21-13-3-4-17-12(6-13)7-19(30-17)31(27,28)22-16-2-1-5-23(20(16)26)10-18(25)24-9-15-8-14(24)11-29-15/h3-4,6-7,14-16,22H,1-2,5,8-11H2/t14?,15?,16-/m0/s1. The van der Waals surface area contributed by atoms with Gasteiger partial charge in [-0.15, -0.1) is 11.3 Å². The van der Waals surface area contributed by atoms with Crippen LogP contribution in [0.25, 0.3) is 10.1 Å². The van der Waals surface area contributed by atoms with E-state index < -0.39 is 16.1 Å². The van der Waals surface area contributed by atoms with Gasteiger partial charge in [0.1, 0.15) is 10.3 Å². The van der Waals surface area contributed by atoms with Crippen LogP contribution in [-0.2, 0) is 24.3 Å². The molecule has 1 aromatic heterocycles. The molecule has 5 rings (SSSR count). The van der Waals surface area contributed by atoms with Crippen LogP contribution >= 0.6 is 22.9 Å². The first kappa shape index (κ1) is 21.1. The zero-order chi connectivity index (χ0) is 21.8. The molecule has 2 amide bonds. The lowest BCUT2D eigenvalue weighted by Crippen LogP contribution is -2.55. The number of benzene rings is 1. The van der Waals surface area contributed by atoms with Gasteiger partial charge in [-0.2, -0.15) is 4.72 Å². The molecular weight excluding hydrogens is 462 g/mol. The molecule has 0 aliphatic carbocycles. The first-order valence-electron chi connectivity index (χ1n) is 10.2. The van der Waals surface area contributed by atoms with E-state index in [0.717, 1.165) is 27.8 Å². The summed E-state index contributed by atoms with van der Waals surface area (Å²) in [6.07, 6.45) is 1.98. The minimum absolute atomic E-state index is 0.0261. The van der Waals surface area contributed by atoms with Gasteiger partial charge >= 0.3 is 0 Å². The number of hydrogen-bond acceptors (Lipinski definition) is 6. The van der Waals surface area contributed by atoms with Gasteiger partial charge in [0.25, 0.3) is 10.0 Å². The van der Waals surface area contributed by atoms with E-state index in [1.807, 2.05) is 0 Å². The van der Waals surface area contributed by atoms with E-state index in [-0.39, 0.29) is 34.7 Å². The van der Waals surface area contributed by atoms with Crippen LogP contribution in [0.2, 0.25) is 5.02 Å². The minimum atomic E-state index is -3.88. The zero-order valence-electron chi connectivity index (χ0n) is 16.6. The van der Waals surface area contributed by atoms with Gasteiger partial charge in [-0.25, -0.2) is 8.42 Å². The second-order valence-electron chi connectivity index (χ2n) is 8.21. The summed E-state index contributed by atoms with van der Waals surface area (Å²) >= 11 is 7.12. The first-order valence-corrected chi connectivity index (χ1v) is 12.9. The number of ether oxygens (including phenoxy) is 1.